The quantitative estimate of drug-likeness (QED) is 0.156. The third kappa shape index (κ3) is 5.22. The van der Waals surface area contributed by atoms with Crippen molar-refractivity contribution in [3.63, 3.8) is 0 Å². The third-order valence-electron chi connectivity index (χ3n) is 13.2. The molecule has 13 rings (SSSR count). The van der Waals surface area contributed by atoms with Crippen molar-refractivity contribution in [2.45, 2.75) is 0 Å². The van der Waals surface area contributed by atoms with Gasteiger partial charge in [0.2, 0.25) is 0 Å². The van der Waals surface area contributed by atoms with E-state index in [2.05, 4.69) is 240 Å². The van der Waals surface area contributed by atoms with E-state index in [1.165, 1.54) is 66.9 Å². The molecule has 12 aromatic rings. The molecule has 4 nitrogen and oxygen atoms in total. The Balaban J connectivity index is 1.13. The molecule has 63 heavy (non-hydrogen) atoms. The van der Waals surface area contributed by atoms with Crippen molar-refractivity contribution < 1.29 is 0 Å². The molecule has 4 heterocycles. The van der Waals surface area contributed by atoms with E-state index in [1.54, 1.807) is 0 Å². The van der Waals surface area contributed by atoms with Crippen LogP contribution in [0, 0.1) is 0 Å². The molecule has 0 saturated heterocycles. The van der Waals surface area contributed by atoms with Crippen LogP contribution in [-0.2, 0) is 0 Å². The van der Waals surface area contributed by atoms with Crippen LogP contribution < -0.4 is 17.7 Å². The molecule has 1 aliphatic rings. The Morgan fingerprint density at radius 3 is 1.68 bits per heavy atom. The molecule has 9 aromatic carbocycles. The monoisotopic (exact) mass is 864 g/mol. The molecule has 0 atom stereocenters. The van der Waals surface area contributed by atoms with Crippen molar-refractivity contribution in [2.24, 2.45) is 0 Å². The van der Waals surface area contributed by atoms with Crippen LogP contribution in [0.2, 0.25) is 0 Å². The van der Waals surface area contributed by atoms with Gasteiger partial charge in [-0.15, -0.1) is 0 Å². The number of hydrogen-bond donors (Lipinski definition) is 0. The molecule has 0 unspecified atom stereocenters. The van der Waals surface area contributed by atoms with Gasteiger partial charge >= 0.3 is 333 Å². The van der Waals surface area contributed by atoms with Gasteiger partial charge < -0.3 is 0 Å². The Morgan fingerprint density at radius 1 is 0.381 bits per heavy atom. The third-order valence-corrected chi connectivity index (χ3v) is 23.1. The Hall–Kier alpha value is -7.80. The first-order valence-electron chi connectivity index (χ1n) is 21.6. The maximum atomic E-state index is 5.74. The summed E-state index contributed by atoms with van der Waals surface area (Å²) >= 11 is -3.72. The standard InChI is InChI=1S/C58H38GeN4/c1-5-20-39(21-6-1)58-60-55(54-47-31-13-16-33-49(47)59(57(54)61-58,41-23-7-2-8-24-41)42-25-9-3-10-26-42)40-22-19-29-44(38-40)63-50-34-17-14-30-45(50)46-36-37-52-53(56(46)63)48-32-15-18-35-51(48)62(52)43-27-11-4-12-28-43/h1-38H. The summed E-state index contributed by atoms with van der Waals surface area (Å²) in [6.07, 6.45) is 0. The summed E-state index contributed by atoms with van der Waals surface area (Å²) < 4.78 is 10.2. The number of rotatable bonds is 6. The second-order valence-corrected chi connectivity index (χ2v) is 24.2. The van der Waals surface area contributed by atoms with Gasteiger partial charge in [-0.1, -0.05) is 24.3 Å². The summed E-state index contributed by atoms with van der Waals surface area (Å²) in [4.78, 5) is 11.4. The number of hydrogen-bond acceptors (Lipinski definition) is 2. The molecule has 0 amide bonds. The molecule has 3 aromatic heterocycles. The molecule has 294 valence electrons. The molecule has 5 heteroatoms. The van der Waals surface area contributed by atoms with Gasteiger partial charge in [0.25, 0.3) is 0 Å². The van der Waals surface area contributed by atoms with Crippen LogP contribution in [-0.4, -0.2) is 32.4 Å². The zero-order chi connectivity index (χ0) is 41.5. The Morgan fingerprint density at radius 2 is 0.952 bits per heavy atom. The molecule has 1 aliphatic heterocycles. The zero-order valence-corrected chi connectivity index (χ0v) is 36.3. The van der Waals surface area contributed by atoms with Crippen LogP contribution in [0.15, 0.2) is 231 Å². The van der Waals surface area contributed by atoms with Crippen LogP contribution in [0.4, 0.5) is 0 Å². The van der Waals surface area contributed by atoms with Gasteiger partial charge in [0.15, 0.2) is 0 Å². The molecule has 0 bridgehead atoms. The first-order chi connectivity index (χ1) is 31.3. The van der Waals surface area contributed by atoms with Crippen LogP contribution in [0.3, 0.4) is 0 Å². The van der Waals surface area contributed by atoms with Gasteiger partial charge in [0.1, 0.15) is 0 Å². The fourth-order valence-electron chi connectivity index (χ4n) is 10.6. The number of nitrogens with zero attached hydrogens (tertiary/aromatic N) is 4. The Bertz CT molecular complexity index is 3690. The minimum absolute atomic E-state index is 0.747. The maximum absolute atomic E-state index is 5.74. The minimum atomic E-state index is -3.72. The summed E-state index contributed by atoms with van der Waals surface area (Å²) in [6.45, 7) is 0. The molecule has 0 aliphatic carbocycles. The van der Waals surface area contributed by atoms with E-state index in [9.17, 15) is 0 Å². The summed E-state index contributed by atoms with van der Waals surface area (Å²) in [7, 11) is 0. The predicted molar refractivity (Wildman–Crippen MR) is 264 cm³/mol. The topological polar surface area (TPSA) is 35.6 Å². The van der Waals surface area contributed by atoms with E-state index >= 15 is 0 Å². The molecule has 0 saturated carbocycles. The van der Waals surface area contributed by atoms with E-state index in [0.29, 0.717) is 0 Å². The summed E-state index contributed by atoms with van der Waals surface area (Å²) in [5.41, 5.74) is 12.4. The first kappa shape index (κ1) is 35.9. The predicted octanol–water partition coefficient (Wildman–Crippen LogP) is 11.4. The number of benzene rings is 9. The van der Waals surface area contributed by atoms with Crippen molar-refractivity contribution in [1.29, 1.82) is 0 Å². The summed E-state index contributed by atoms with van der Waals surface area (Å²) in [5.74, 6) is 0.747. The Labute approximate surface area is 367 Å². The van der Waals surface area contributed by atoms with Gasteiger partial charge in [-0.2, -0.15) is 0 Å². The molecule has 0 radical (unpaired) electrons. The molecular weight excluding hydrogens is 825 g/mol. The van der Waals surface area contributed by atoms with E-state index in [-0.39, 0.29) is 0 Å². The molecule has 0 spiro atoms. The fraction of sp³-hybridized carbons (Fsp3) is 0. The van der Waals surface area contributed by atoms with Gasteiger partial charge in [-0.3, -0.25) is 0 Å². The summed E-state index contributed by atoms with van der Waals surface area (Å²) in [6, 6.07) is 84.0. The number of fused-ring (bicyclic) bond motifs is 10. The number of aromatic nitrogens is 4. The van der Waals surface area contributed by atoms with Crippen LogP contribution in [0.1, 0.15) is 0 Å². The van der Waals surface area contributed by atoms with Gasteiger partial charge in [-0.05, 0) is 12.1 Å². The second kappa shape index (κ2) is 14.1. The first-order valence-corrected chi connectivity index (χ1v) is 25.8. The average molecular weight is 864 g/mol. The van der Waals surface area contributed by atoms with Crippen molar-refractivity contribution in [2.75, 3.05) is 0 Å². The van der Waals surface area contributed by atoms with E-state index in [4.69, 9.17) is 9.97 Å². The SMILES string of the molecule is c1ccc(-c2nc(-c3cccc(-n4c5ccccc5c5ccc6c(c7ccccc7n6-c6ccccc6)c54)c3)c3[c](n2)[Ge]([c]2ccccc2)([c]2ccccc2)[c]2ccccc2-3)cc1. The molecular formula is C58H38GeN4. The van der Waals surface area contributed by atoms with Crippen LogP contribution in [0.5, 0.6) is 0 Å². The molecule has 0 fully saturated rings. The second-order valence-electron chi connectivity index (χ2n) is 16.5. The van der Waals surface area contributed by atoms with Crippen LogP contribution in [0.25, 0.3) is 88.8 Å². The zero-order valence-electron chi connectivity index (χ0n) is 34.2. The van der Waals surface area contributed by atoms with Gasteiger partial charge in [0.05, 0.1) is 0 Å². The van der Waals surface area contributed by atoms with E-state index in [1.807, 2.05) is 0 Å². The van der Waals surface area contributed by atoms with Gasteiger partial charge in [-0.25, -0.2) is 0 Å². The van der Waals surface area contributed by atoms with Crippen molar-refractivity contribution in [3.8, 4) is 45.1 Å². The fourth-order valence-corrected chi connectivity index (χ4v) is 21.1. The summed E-state index contributed by atoms with van der Waals surface area (Å²) in [5, 5.41) is 4.92. The van der Waals surface area contributed by atoms with E-state index in [0.717, 1.165) is 39.6 Å². The number of para-hydroxylation sites is 3. The van der Waals surface area contributed by atoms with Crippen LogP contribution >= 0.6 is 0 Å². The van der Waals surface area contributed by atoms with E-state index < -0.39 is 13.3 Å². The normalized spacial score (nSPS) is 12.9. The van der Waals surface area contributed by atoms with Gasteiger partial charge in [0, 0.05) is 0 Å². The Kier molecular flexibility index (Phi) is 8.05. The average Bonchev–Trinajstić information content (AvgIpc) is 3.99. The molecule has 0 N–H and O–H groups in total. The van der Waals surface area contributed by atoms with Crippen molar-refractivity contribution >= 4 is 74.6 Å². The van der Waals surface area contributed by atoms with Crippen molar-refractivity contribution in [1.82, 2.24) is 19.1 Å². The van der Waals surface area contributed by atoms with Crippen molar-refractivity contribution in [3.05, 3.63) is 231 Å².